The first-order valence-corrected chi connectivity index (χ1v) is 4.06. The summed E-state index contributed by atoms with van der Waals surface area (Å²) in [6.45, 7) is 0. The highest BCUT2D eigenvalue weighted by Gasteiger charge is 2.04. The zero-order chi connectivity index (χ0) is 8.43. The minimum absolute atomic E-state index is 0.160. The number of alkyl halides is 1. The minimum Gasteiger partial charge on any atom is -0.208 e. The van der Waals surface area contributed by atoms with Crippen molar-refractivity contribution in [2.24, 2.45) is 0 Å². The third kappa shape index (κ3) is 1.80. The Morgan fingerprint density at radius 1 is 1.27 bits per heavy atom. The molecule has 0 aromatic heterocycles. The van der Waals surface area contributed by atoms with E-state index in [-0.39, 0.29) is 16.4 Å². The van der Waals surface area contributed by atoms with Gasteiger partial charge in [0, 0.05) is 10.9 Å². The second-order valence-electron chi connectivity index (χ2n) is 2.10. The summed E-state index contributed by atoms with van der Waals surface area (Å²) < 4.78 is 25.4. The summed E-state index contributed by atoms with van der Waals surface area (Å²) in [5.74, 6) is -1.07. The van der Waals surface area contributed by atoms with Gasteiger partial charge in [-0.15, -0.1) is 0 Å². The quantitative estimate of drug-likeness (QED) is 0.495. The van der Waals surface area contributed by atoms with E-state index in [4.69, 9.17) is 7.85 Å². The summed E-state index contributed by atoms with van der Waals surface area (Å²) in [4.78, 5) is 0. The van der Waals surface area contributed by atoms with E-state index in [1.165, 1.54) is 0 Å². The summed E-state index contributed by atoms with van der Waals surface area (Å²) in [5, 5.41) is 0.288. The predicted molar refractivity (Wildman–Crippen MR) is 44.4 cm³/mol. The molecule has 4 heteroatoms. The van der Waals surface area contributed by atoms with Gasteiger partial charge < -0.3 is 0 Å². The van der Waals surface area contributed by atoms with Gasteiger partial charge in [0.2, 0.25) is 0 Å². The normalized spacial score (nSPS) is 10.1. The van der Waals surface area contributed by atoms with Crippen LogP contribution in [0.25, 0.3) is 0 Å². The molecule has 0 amide bonds. The molecule has 0 saturated carbocycles. The molecule has 1 aromatic carbocycles. The standard InChI is InChI=1S/C7H4BBrF2/c8-5-2-6(10)4(3-9)1-7(5)11/h1-2H,3H2. The summed E-state index contributed by atoms with van der Waals surface area (Å²) in [7, 11) is 5.11. The SMILES string of the molecule is [B]c1cc(F)c(CBr)cc1F. The number of hydrogen-bond acceptors (Lipinski definition) is 0. The van der Waals surface area contributed by atoms with Crippen LogP contribution >= 0.6 is 15.9 Å². The molecule has 0 saturated heterocycles. The molecule has 0 fully saturated rings. The van der Waals surface area contributed by atoms with Crippen molar-refractivity contribution in [2.45, 2.75) is 5.33 Å². The maximum absolute atomic E-state index is 12.8. The second-order valence-corrected chi connectivity index (χ2v) is 2.66. The molecule has 0 aliphatic carbocycles. The van der Waals surface area contributed by atoms with Crippen molar-refractivity contribution < 1.29 is 8.78 Å². The van der Waals surface area contributed by atoms with Gasteiger partial charge in [-0.25, -0.2) is 8.78 Å². The first-order chi connectivity index (χ1) is 5.15. The van der Waals surface area contributed by atoms with Crippen molar-refractivity contribution in [1.82, 2.24) is 0 Å². The van der Waals surface area contributed by atoms with Crippen LogP contribution in [0.15, 0.2) is 12.1 Å². The van der Waals surface area contributed by atoms with Crippen LogP contribution in [0.1, 0.15) is 5.56 Å². The number of rotatable bonds is 1. The van der Waals surface area contributed by atoms with Crippen LogP contribution in [-0.4, -0.2) is 7.85 Å². The summed E-state index contributed by atoms with van der Waals surface area (Å²) >= 11 is 3.02. The number of hydrogen-bond donors (Lipinski definition) is 0. The van der Waals surface area contributed by atoms with Crippen molar-refractivity contribution in [3.05, 3.63) is 29.3 Å². The van der Waals surface area contributed by atoms with E-state index in [0.29, 0.717) is 0 Å². The number of halogens is 3. The Hall–Kier alpha value is -0.375. The summed E-state index contributed by atoms with van der Waals surface area (Å²) in [6.07, 6.45) is 0. The van der Waals surface area contributed by atoms with Crippen molar-refractivity contribution in [2.75, 3.05) is 0 Å². The molecular weight excluding hydrogens is 213 g/mol. The minimum atomic E-state index is -0.583. The molecule has 0 bridgehead atoms. The zero-order valence-corrected chi connectivity index (χ0v) is 7.16. The predicted octanol–water partition coefficient (Wildman–Crippen LogP) is 1.65. The maximum Gasteiger partial charge on any atom is 0.126 e. The van der Waals surface area contributed by atoms with Crippen LogP contribution in [0.5, 0.6) is 0 Å². The molecule has 2 radical (unpaired) electrons. The zero-order valence-electron chi connectivity index (χ0n) is 5.57. The van der Waals surface area contributed by atoms with E-state index in [1.54, 1.807) is 0 Å². The molecule has 0 aliphatic heterocycles. The summed E-state index contributed by atoms with van der Waals surface area (Å²) in [6, 6.07) is 2.06. The molecule has 56 valence electrons. The third-order valence-electron chi connectivity index (χ3n) is 1.31. The van der Waals surface area contributed by atoms with Gasteiger partial charge in [0.15, 0.2) is 0 Å². The molecule has 0 nitrogen and oxygen atoms in total. The van der Waals surface area contributed by atoms with Gasteiger partial charge in [-0.2, -0.15) is 0 Å². The smallest absolute Gasteiger partial charge is 0.126 e. The van der Waals surface area contributed by atoms with Crippen molar-refractivity contribution >= 4 is 29.2 Å². The molecule has 0 aliphatic rings. The maximum atomic E-state index is 12.8. The van der Waals surface area contributed by atoms with Gasteiger partial charge in [0.1, 0.15) is 19.5 Å². The van der Waals surface area contributed by atoms with Gasteiger partial charge in [0.05, 0.1) is 0 Å². The average Bonchev–Trinajstić information content (AvgIpc) is 1.97. The van der Waals surface area contributed by atoms with Crippen LogP contribution in [0, 0.1) is 11.6 Å². The topological polar surface area (TPSA) is 0 Å². The van der Waals surface area contributed by atoms with Gasteiger partial charge in [-0.05, 0) is 12.1 Å². The lowest BCUT2D eigenvalue weighted by Crippen LogP contribution is -2.10. The fraction of sp³-hybridized carbons (Fsp3) is 0.143. The molecule has 0 spiro atoms. The first-order valence-electron chi connectivity index (χ1n) is 2.94. The number of benzene rings is 1. The Morgan fingerprint density at radius 2 is 1.91 bits per heavy atom. The monoisotopic (exact) mass is 216 g/mol. The first kappa shape index (κ1) is 8.72. The molecule has 1 rings (SSSR count). The van der Waals surface area contributed by atoms with E-state index in [1.807, 2.05) is 0 Å². The van der Waals surface area contributed by atoms with Crippen LogP contribution in [0.4, 0.5) is 8.78 Å². The summed E-state index contributed by atoms with van der Waals surface area (Å²) in [5.41, 5.74) is 0.115. The van der Waals surface area contributed by atoms with Crippen LogP contribution < -0.4 is 5.46 Å². The average molecular weight is 217 g/mol. The van der Waals surface area contributed by atoms with E-state index >= 15 is 0 Å². The molecule has 0 N–H and O–H groups in total. The Kier molecular flexibility index (Phi) is 2.65. The highest BCUT2D eigenvalue weighted by molar-refractivity contribution is 9.08. The lowest BCUT2D eigenvalue weighted by atomic mass is 9.94. The van der Waals surface area contributed by atoms with Crippen LogP contribution in [0.2, 0.25) is 0 Å². The lowest BCUT2D eigenvalue weighted by molar-refractivity contribution is 0.598. The Bertz CT molecular complexity index is 275. The van der Waals surface area contributed by atoms with E-state index in [9.17, 15) is 8.78 Å². The molecular formula is C7H4BBrF2. The molecule has 0 unspecified atom stereocenters. The van der Waals surface area contributed by atoms with Crippen LogP contribution in [-0.2, 0) is 5.33 Å². The van der Waals surface area contributed by atoms with E-state index in [2.05, 4.69) is 15.9 Å². The Morgan fingerprint density at radius 3 is 2.45 bits per heavy atom. The van der Waals surface area contributed by atoms with Gasteiger partial charge in [-0.3, -0.25) is 0 Å². The third-order valence-corrected chi connectivity index (χ3v) is 1.91. The Balaban J connectivity index is 3.21. The largest absolute Gasteiger partial charge is 0.208 e. The molecule has 0 atom stereocenters. The van der Waals surface area contributed by atoms with Crippen molar-refractivity contribution in [3.63, 3.8) is 0 Å². The van der Waals surface area contributed by atoms with Gasteiger partial charge >= 0.3 is 0 Å². The fourth-order valence-electron chi connectivity index (χ4n) is 0.706. The van der Waals surface area contributed by atoms with Crippen molar-refractivity contribution in [1.29, 1.82) is 0 Å². The molecule has 1 aromatic rings. The molecule has 0 heterocycles. The lowest BCUT2D eigenvalue weighted by Gasteiger charge is -2.01. The van der Waals surface area contributed by atoms with Gasteiger partial charge in [0.25, 0.3) is 0 Å². The Labute approximate surface area is 73.1 Å². The second kappa shape index (κ2) is 3.35. The van der Waals surface area contributed by atoms with E-state index < -0.39 is 11.6 Å². The fourth-order valence-corrected chi connectivity index (χ4v) is 1.14. The van der Waals surface area contributed by atoms with Crippen LogP contribution in [0.3, 0.4) is 0 Å². The van der Waals surface area contributed by atoms with E-state index in [0.717, 1.165) is 12.1 Å². The highest BCUT2D eigenvalue weighted by atomic mass is 79.9. The van der Waals surface area contributed by atoms with Crippen molar-refractivity contribution in [3.8, 4) is 0 Å². The molecule has 11 heavy (non-hydrogen) atoms. The van der Waals surface area contributed by atoms with Gasteiger partial charge in [-0.1, -0.05) is 21.4 Å². The highest BCUT2D eigenvalue weighted by Crippen LogP contribution is 2.10.